The number of aliphatic hydroxyl groups excluding tert-OH is 1. The van der Waals surface area contributed by atoms with Crippen LogP contribution in [0, 0.1) is 28.1 Å². The lowest BCUT2D eigenvalue weighted by molar-refractivity contribution is 0.101. The van der Waals surface area contributed by atoms with E-state index < -0.39 is 11.5 Å². The molecule has 1 fully saturated rings. The van der Waals surface area contributed by atoms with Crippen LogP contribution in [0.2, 0.25) is 0 Å². The zero-order valence-corrected chi connectivity index (χ0v) is 10.0. The Balaban J connectivity index is 2.45. The van der Waals surface area contributed by atoms with Gasteiger partial charge in [0.1, 0.15) is 0 Å². The molecule has 0 bridgehead atoms. The van der Waals surface area contributed by atoms with Crippen LogP contribution in [0.1, 0.15) is 11.5 Å². The van der Waals surface area contributed by atoms with Gasteiger partial charge in [0.2, 0.25) is 0 Å². The molecule has 0 aliphatic carbocycles. The Morgan fingerprint density at radius 3 is 2.41 bits per heavy atom. The zero-order chi connectivity index (χ0) is 12.3. The molecule has 1 saturated heterocycles. The van der Waals surface area contributed by atoms with Crippen molar-refractivity contribution in [2.24, 2.45) is 5.41 Å². The van der Waals surface area contributed by atoms with E-state index in [1.54, 1.807) is 11.8 Å². The van der Waals surface area contributed by atoms with E-state index in [1.165, 1.54) is 0 Å². The minimum Gasteiger partial charge on any atom is -0.389 e. The van der Waals surface area contributed by atoms with Gasteiger partial charge in [-0.05, 0) is 5.56 Å². The van der Waals surface area contributed by atoms with Crippen LogP contribution in [0.3, 0.4) is 0 Å². The summed E-state index contributed by atoms with van der Waals surface area (Å²) < 4.78 is 0. The van der Waals surface area contributed by atoms with Crippen molar-refractivity contribution in [1.29, 1.82) is 10.5 Å². The van der Waals surface area contributed by atoms with Gasteiger partial charge in [-0.1, -0.05) is 30.3 Å². The maximum atomic E-state index is 9.99. The largest absolute Gasteiger partial charge is 0.389 e. The van der Waals surface area contributed by atoms with Crippen molar-refractivity contribution in [3.05, 3.63) is 35.9 Å². The minimum atomic E-state index is -1.31. The normalized spacial score (nSPS) is 26.8. The SMILES string of the molecule is N#CC1(C#N)C(O)CSCC1c1ccccc1. The van der Waals surface area contributed by atoms with Gasteiger partial charge in [-0.15, -0.1) is 0 Å². The lowest BCUT2D eigenvalue weighted by Crippen LogP contribution is -2.44. The molecular weight excluding hydrogens is 232 g/mol. The number of benzene rings is 1. The van der Waals surface area contributed by atoms with Gasteiger partial charge >= 0.3 is 0 Å². The van der Waals surface area contributed by atoms with Gasteiger partial charge in [-0.25, -0.2) is 0 Å². The molecule has 86 valence electrons. The highest BCUT2D eigenvalue weighted by molar-refractivity contribution is 7.99. The van der Waals surface area contributed by atoms with Crippen molar-refractivity contribution in [3.8, 4) is 12.1 Å². The molecular formula is C13H12N2OS. The first-order chi connectivity index (χ1) is 8.24. The lowest BCUT2D eigenvalue weighted by atomic mass is 9.71. The summed E-state index contributed by atoms with van der Waals surface area (Å²) in [6, 6.07) is 13.6. The summed E-state index contributed by atoms with van der Waals surface area (Å²) >= 11 is 1.59. The molecule has 1 aromatic rings. The van der Waals surface area contributed by atoms with Crippen LogP contribution in [0.5, 0.6) is 0 Å². The Hall–Kier alpha value is -1.49. The molecule has 3 nitrogen and oxygen atoms in total. The molecule has 0 amide bonds. The summed E-state index contributed by atoms with van der Waals surface area (Å²) in [6.45, 7) is 0. The van der Waals surface area contributed by atoms with Crippen LogP contribution in [0.25, 0.3) is 0 Å². The summed E-state index contributed by atoms with van der Waals surface area (Å²) in [7, 11) is 0. The predicted molar refractivity (Wildman–Crippen MR) is 66.2 cm³/mol. The summed E-state index contributed by atoms with van der Waals surface area (Å²) in [5.74, 6) is 0.916. The number of rotatable bonds is 1. The molecule has 0 saturated carbocycles. The fourth-order valence-corrected chi connectivity index (χ4v) is 3.48. The molecule has 1 N–H and O–H groups in total. The van der Waals surface area contributed by atoms with Gasteiger partial charge in [-0.3, -0.25) is 0 Å². The van der Waals surface area contributed by atoms with E-state index in [-0.39, 0.29) is 5.92 Å². The van der Waals surface area contributed by atoms with Crippen LogP contribution in [0.4, 0.5) is 0 Å². The quantitative estimate of drug-likeness (QED) is 0.819. The number of thioether (sulfide) groups is 1. The Morgan fingerprint density at radius 1 is 1.18 bits per heavy atom. The highest BCUT2D eigenvalue weighted by Gasteiger charge is 2.49. The number of hydrogen-bond acceptors (Lipinski definition) is 4. The monoisotopic (exact) mass is 244 g/mol. The number of nitrogens with zero attached hydrogens (tertiary/aromatic N) is 2. The maximum absolute atomic E-state index is 9.99. The highest BCUT2D eigenvalue weighted by Crippen LogP contribution is 2.45. The molecule has 1 aliphatic rings. The van der Waals surface area contributed by atoms with Crippen molar-refractivity contribution in [2.45, 2.75) is 12.0 Å². The first kappa shape index (κ1) is 12.0. The van der Waals surface area contributed by atoms with Crippen molar-refractivity contribution < 1.29 is 5.11 Å². The van der Waals surface area contributed by atoms with Crippen molar-refractivity contribution >= 4 is 11.8 Å². The second kappa shape index (κ2) is 4.79. The molecule has 4 heteroatoms. The van der Waals surface area contributed by atoms with Gasteiger partial charge in [-0.2, -0.15) is 22.3 Å². The van der Waals surface area contributed by atoms with Crippen LogP contribution in [0.15, 0.2) is 30.3 Å². The fraction of sp³-hybridized carbons (Fsp3) is 0.385. The Labute approximate surface area is 105 Å². The standard InChI is InChI=1S/C13H12N2OS/c14-8-13(9-15)11(6-17-7-12(13)16)10-4-2-1-3-5-10/h1-5,11-12,16H,6-7H2. The Kier molecular flexibility index (Phi) is 3.38. The first-order valence-corrected chi connectivity index (χ1v) is 6.53. The van der Waals surface area contributed by atoms with E-state index in [0.29, 0.717) is 11.5 Å². The summed E-state index contributed by atoms with van der Waals surface area (Å²) in [4.78, 5) is 0. The average molecular weight is 244 g/mol. The maximum Gasteiger partial charge on any atom is 0.177 e. The second-order valence-electron chi connectivity index (χ2n) is 4.11. The van der Waals surface area contributed by atoms with E-state index in [2.05, 4.69) is 0 Å². The van der Waals surface area contributed by atoms with E-state index >= 15 is 0 Å². The molecule has 1 aliphatic heterocycles. The summed E-state index contributed by atoms with van der Waals surface area (Å²) in [5, 5.41) is 28.6. The summed E-state index contributed by atoms with van der Waals surface area (Å²) in [6.07, 6.45) is -0.888. The first-order valence-electron chi connectivity index (χ1n) is 5.38. The Bertz CT molecular complexity index is 460. The number of hydrogen-bond donors (Lipinski definition) is 1. The third-order valence-corrected chi connectivity index (χ3v) is 4.33. The van der Waals surface area contributed by atoms with Gasteiger partial charge in [0, 0.05) is 17.4 Å². The van der Waals surface area contributed by atoms with Gasteiger partial charge in [0.15, 0.2) is 5.41 Å². The predicted octanol–water partition coefficient (Wildman–Crippen LogP) is 1.91. The van der Waals surface area contributed by atoms with Crippen LogP contribution in [-0.2, 0) is 0 Å². The molecule has 0 radical (unpaired) electrons. The van der Waals surface area contributed by atoms with Crippen molar-refractivity contribution in [3.63, 3.8) is 0 Å². The highest BCUT2D eigenvalue weighted by atomic mass is 32.2. The Morgan fingerprint density at radius 2 is 1.82 bits per heavy atom. The minimum absolute atomic E-state index is 0.229. The molecule has 2 rings (SSSR count). The molecule has 0 spiro atoms. The molecule has 17 heavy (non-hydrogen) atoms. The molecule has 0 aromatic heterocycles. The van der Waals surface area contributed by atoms with Gasteiger partial charge < -0.3 is 5.11 Å². The van der Waals surface area contributed by atoms with Gasteiger partial charge in [0.25, 0.3) is 0 Å². The zero-order valence-electron chi connectivity index (χ0n) is 9.21. The second-order valence-corrected chi connectivity index (χ2v) is 5.18. The molecule has 2 atom stereocenters. The molecule has 1 aromatic carbocycles. The topological polar surface area (TPSA) is 67.8 Å². The van der Waals surface area contributed by atoms with Gasteiger partial charge in [0.05, 0.1) is 18.2 Å². The molecule has 2 unspecified atom stereocenters. The fourth-order valence-electron chi connectivity index (χ4n) is 2.17. The van der Waals surface area contributed by atoms with Crippen LogP contribution >= 0.6 is 11.8 Å². The average Bonchev–Trinajstić information content (AvgIpc) is 2.40. The van der Waals surface area contributed by atoms with E-state index in [4.69, 9.17) is 0 Å². The summed E-state index contributed by atoms with van der Waals surface area (Å²) in [5.41, 5.74) is -0.367. The lowest BCUT2D eigenvalue weighted by Gasteiger charge is -2.37. The smallest absolute Gasteiger partial charge is 0.177 e. The molecule has 1 heterocycles. The van der Waals surface area contributed by atoms with Crippen LogP contribution < -0.4 is 0 Å². The van der Waals surface area contributed by atoms with Crippen molar-refractivity contribution in [1.82, 2.24) is 0 Å². The van der Waals surface area contributed by atoms with E-state index in [0.717, 1.165) is 5.56 Å². The van der Waals surface area contributed by atoms with Crippen molar-refractivity contribution in [2.75, 3.05) is 11.5 Å². The van der Waals surface area contributed by atoms with E-state index in [1.807, 2.05) is 42.5 Å². The van der Waals surface area contributed by atoms with E-state index in [9.17, 15) is 15.6 Å². The third-order valence-electron chi connectivity index (χ3n) is 3.21. The third kappa shape index (κ3) is 1.91. The number of nitriles is 2. The van der Waals surface area contributed by atoms with Crippen LogP contribution in [-0.4, -0.2) is 22.7 Å². The number of aliphatic hydroxyl groups is 1.